The van der Waals surface area contributed by atoms with Crippen LogP contribution in [0.3, 0.4) is 0 Å². The summed E-state index contributed by atoms with van der Waals surface area (Å²) in [7, 11) is 0. The number of carbonyl (C=O) groups is 2. The second kappa shape index (κ2) is 6.76. The Kier molecular flexibility index (Phi) is 4.44. The van der Waals surface area contributed by atoms with Crippen LogP contribution in [-0.2, 0) is 4.79 Å². The van der Waals surface area contributed by atoms with E-state index in [4.69, 9.17) is 0 Å². The van der Waals surface area contributed by atoms with Crippen LogP contribution in [0.1, 0.15) is 35.8 Å². The molecule has 138 valence electrons. The van der Waals surface area contributed by atoms with Gasteiger partial charge in [0.1, 0.15) is 5.69 Å². The predicted molar refractivity (Wildman–Crippen MR) is 101 cm³/mol. The second-order valence-electron chi connectivity index (χ2n) is 7.56. The normalized spacial score (nSPS) is 19.5. The fourth-order valence-corrected chi connectivity index (χ4v) is 3.55. The summed E-state index contributed by atoms with van der Waals surface area (Å²) in [6.07, 6.45) is 2.20. The number of piperazine rings is 1. The zero-order valence-electron chi connectivity index (χ0n) is 15.4. The quantitative estimate of drug-likeness (QED) is 0.881. The van der Waals surface area contributed by atoms with Gasteiger partial charge in [-0.15, -0.1) is 0 Å². The number of carbonyl (C=O) groups excluding carboxylic acids is 2. The molecule has 2 fully saturated rings. The Bertz CT molecular complexity index is 831. The molecule has 0 bridgehead atoms. The van der Waals surface area contributed by atoms with Crippen LogP contribution in [0.2, 0.25) is 0 Å². The molecule has 1 saturated heterocycles. The number of aryl methyl sites for hydroxylation is 1. The van der Waals surface area contributed by atoms with Crippen molar-refractivity contribution in [3.8, 4) is 0 Å². The first-order valence-electron chi connectivity index (χ1n) is 9.44. The summed E-state index contributed by atoms with van der Waals surface area (Å²) in [5, 5.41) is 4.12. The zero-order valence-corrected chi connectivity index (χ0v) is 15.4. The van der Waals surface area contributed by atoms with Crippen molar-refractivity contribution in [2.75, 3.05) is 26.2 Å². The molecule has 1 saturated carbocycles. The fraction of sp³-hybridized carbons (Fsp3) is 0.500. The van der Waals surface area contributed by atoms with Gasteiger partial charge in [0, 0.05) is 43.1 Å². The van der Waals surface area contributed by atoms with Gasteiger partial charge in [-0.25, -0.2) is 0 Å². The highest BCUT2D eigenvalue weighted by Crippen LogP contribution is 2.20. The number of nitrogens with one attached hydrogen (secondary N) is 2. The van der Waals surface area contributed by atoms with Crippen molar-refractivity contribution in [1.82, 2.24) is 20.1 Å². The number of amides is 2. The molecule has 4 rings (SSSR count). The molecule has 2 aromatic rings. The summed E-state index contributed by atoms with van der Waals surface area (Å²) in [5.74, 6) is 0.145. The van der Waals surface area contributed by atoms with Gasteiger partial charge in [0.05, 0.1) is 6.04 Å². The molecule has 1 unspecified atom stereocenters. The first kappa shape index (κ1) is 17.1. The average Bonchev–Trinajstić information content (AvgIpc) is 3.36. The molecule has 2 amide bonds. The van der Waals surface area contributed by atoms with Crippen molar-refractivity contribution in [2.24, 2.45) is 0 Å². The van der Waals surface area contributed by atoms with Crippen LogP contribution in [0.25, 0.3) is 10.9 Å². The number of aromatic nitrogens is 1. The topological polar surface area (TPSA) is 68.4 Å². The summed E-state index contributed by atoms with van der Waals surface area (Å²) in [5.41, 5.74) is 2.81. The highest BCUT2D eigenvalue weighted by atomic mass is 16.2. The van der Waals surface area contributed by atoms with E-state index < -0.39 is 0 Å². The lowest BCUT2D eigenvalue weighted by Crippen LogP contribution is -2.55. The van der Waals surface area contributed by atoms with Crippen molar-refractivity contribution in [3.63, 3.8) is 0 Å². The van der Waals surface area contributed by atoms with E-state index in [1.807, 2.05) is 30.9 Å². The third kappa shape index (κ3) is 3.46. The Labute approximate surface area is 153 Å². The van der Waals surface area contributed by atoms with Crippen molar-refractivity contribution < 1.29 is 9.59 Å². The highest BCUT2D eigenvalue weighted by Gasteiger charge is 2.31. The van der Waals surface area contributed by atoms with E-state index in [0.717, 1.165) is 36.8 Å². The standard InChI is InChI=1S/C20H26N4O2/c1-13-3-4-15-12-18(22-17(15)11-13)20(26)24-9-7-23(8-10-24)14(2)19(25)21-16-5-6-16/h3-4,11-12,14,16,22H,5-10H2,1-2H3,(H,21,25). The molecule has 2 N–H and O–H groups in total. The van der Waals surface area contributed by atoms with E-state index in [1.54, 1.807) is 0 Å². The van der Waals surface area contributed by atoms with Crippen LogP contribution >= 0.6 is 0 Å². The average molecular weight is 354 g/mol. The molecule has 2 aliphatic rings. The van der Waals surface area contributed by atoms with Gasteiger partial charge in [0.2, 0.25) is 5.91 Å². The van der Waals surface area contributed by atoms with Crippen LogP contribution < -0.4 is 5.32 Å². The van der Waals surface area contributed by atoms with Crippen LogP contribution in [0.15, 0.2) is 24.3 Å². The maximum atomic E-state index is 12.8. The summed E-state index contributed by atoms with van der Waals surface area (Å²) in [6, 6.07) is 8.33. The molecule has 6 nitrogen and oxygen atoms in total. The maximum Gasteiger partial charge on any atom is 0.270 e. The first-order valence-corrected chi connectivity index (χ1v) is 9.44. The lowest BCUT2D eigenvalue weighted by atomic mass is 10.2. The Morgan fingerprint density at radius 1 is 1.15 bits per heavy atom. The summed E-state index contributed by atoms with van der Waals surface area (Å²) >= 11 is 0. The zero-order chi connectivity index (χ0) is 18.3. The smallest absolute Gasteiger partial charge is 0.270 e. The van der Waals surface area contributed by atoms with Gasteiger partial charge in [-0.3, -0.25) is 14.5 Å². The number of aromatic amines is 1. The number of hydrogen-bond acceptors (Lipinski definition) is 3. The number of benzene rings is 1. The predicted octanol–water partition coefficient (Wildman–Crippen LogP) is 1.90. The molecular formula is C20H26N4O2. The van der Waals surface area contributed by atoms with Gasteiger partial charge < -0.3 is 15.2 Å². The van der Waals surface area contributed by atoms with Gasteiger partial charge in [-0.05, 0) is 44.4 Å². The van der Waals surface area contributed by atoms with Crippen molar-refractivity contribution in [1.29, 1.82) is 0 Å². The maximum absolute atomic E-state index is 12.8. The third-order valence-corrected chi connectivity index (χ3v) is 5.46. The Hall–Kier alpha value is -2.34. The minimum absolute atomic E-state index is 0.0357. The molecule has 2 heterocycles. The minimum atomic E-state index is -0.135. The molecular weight excluding hydrogens is 328 g/mol. The van der Waals surface area contributed by atoms with Gasteiger partial charge in [-0.2, -0.15) is 0 Å². The van der Waals surface area contributed by atoms with E-state index in [1.165, 1.54) is 5.56 Å². The van der Waals surface area contributed by atoms with Crippen molar-refractivity contribution >= 4 is 22.7 Å². The third-order valence-electron chi connectivity index (χ3n) is 5.46. The fourth-order valence-electron chi connectivity index (χ4n) is 3.55. The van der Waals surface area contributed by atoms with Crippen LogP contribution in [-0.4, -0.2) is 64.9 Å². The molecule has 1 aromatic carbocycles. The highest BCUT2D eigenvalue weighted by molar-refractivity contribution is 5.98. The Morgan fingerprint density at radius 3 is 2.58 bits per heavy atom. The van der Waals surface area contributed by atoms with Crippen molar-refractivity contribution in [3.05, 3.63) is 35.5 Å². The second-order valence-corrected chi connectivity index (χ2v) is 7.56. The van der Waals surface area contributed by atoms with E-state index in [9.17, 15) is 9.59 Å². The lowest BCUT2D eigenvalue weighted by Gasteiger charge is -2.37. The van der Waals surface area contributed by atoms with Crippen LogP contribution in [0.4, 0.5) is 0 Å². The van der Waals surface area contributed by atoms with Crippen LogP contribution in [0, 0.1) is 6.92 Å². The van der Waals surface area contributed by atoms with E-state index >= 15 is 0 Å². The van der Waals surface area contributed by atoms with E-state index in [0.29, 0.717) is 24.8 Å². The molecule has 26 heavy (non-hydrogen) atoms. The van der Waals surface area contributed by atoms with E-state index in [-0.39, 0.29) is 17.9 Å². The first-order chi connectivity index (χ1) is 12.5. The SMILES string of the molecule is Cc1ccc2cc(C(=O)N3CCN(C(C)C(=O)NC4CC4)CC3)[nH]c2c1. The number of rotatable bonds is 4. The lowest BCUT2D eigenvalue weighted by molar-refractivity contribution is -0.126. The summed E-state index contributed by atoms with van der Waals surface area (Å²) in [4.78, 5) is 32.3. The van der Waals surface area contributed by atoms with Crippen LogP contribution in [0.5, 0.6) is 0 Å². The largest absolute Gasteiger partial charge is 0.352 e. The van der Waals surface area contributed by atoms with E-state index in [2.05, 4.69) is 27.3 Å². The van der Waals surface area contributed by atoms with Gasteiger partial charge in [0.25, 0.3) is 5.91 Å². The number of H-pyrrole nitrogens is 1. The Balaban J connectivity index is 1.37. The van der Waals surface area contributed by atoms with Crippen molar-refractivity contribution in [2.45, 2.75) is 38.8 Å². The molecule has 1 aliphatic heterocycles. The summed E-state index contributed by atoms with van der Waals surface area (Å²) < 4.78 is 0. The Morgan fingerprint density at radius 2 is 1.88 bits per heavy atom. The van der Waals surface area contributed by atoms with Gasteiger partial charge >= 0.3 is 0 Å². The molecule has 0 radical (unpaired) electrons. The molecule has 1 atom stereocenters. The number of hydrogen-bond donors (Lipinski definition) is 2. The molecule has 6 heteroatoms. The monoisotopic (exact) mass is 354 g/mol. The molecule has 1 aromatic heterocycles. The van der Waals surface area contributed by atoms with Gasteiger partial charge in [-0.1, -0.05) is 12.1 Å². The summed E-state index contributed by atoms with van der Waals surface area (Å²) in [6.45, 7) is 6.74. The number of fused-ring (bicyclic) bond motifs is 1. The molecule has 0 spiro atoms. The molecule has 1 aliphatic carbocycles. The number of nitrogens with zero attached hydrogens (tertiary/aromatic N) is 2. The van der Waals surface area contributed by atoms with Gasteiger partial charge in [0.15, 0.2) is 0 Å². The minimum Gasteiger partial charge on any atom is -0.352 e.